The molecule has 0 aromatic heterocycles. The molecular formula is C5H11NaO4P. The molecule has 0 saturated carbocycles. The molecule has 61 valence electrons. The number of hydrogen-bond acceptors (Lipinski definition) is 2. The molecule has 0 rings (SSSR count). The molecule has 4 nitrogen and oxygen atoms in total. The van der Waals surface area contributed by atoms with Crippen LogP contribution >= 0.6 is 7.82 Å². The third-order valence-corrected chi connectivity index (χ3v) is 1.31. The standard InChI is InChI=1S/C5H11O4P.Na/c1-5(2)3-4-9-10(6,7)8;/h1,3-4H2,2H3,(H2,6,7,8);. The van der Waals surface area contributed by atoms with Gasteiger partial charge in [-0.2, -0.15) is 0 Å². The van der Waals surface area contributed by atoms with Crippen molar-refractivity contribution in [1.29, 1.82) is 0 Å². The molecule has 0 aliphatic heterocycles. The maximum Gasteiger partial charge on any atom is 0.469 e. The number of rotatable bonds is 4. The third-order valence-electron chi connectivity index (χ3n) is 0.788. The maximum atomic E-state index is 10.1. The molecule has 0 fully saturated rings. The molecule has 0 atom stereocenters. The molecule has 6 heteroatoms. The van der Waals surface area contributed by atoms with Gasteiger partial charge in [0.05, 0.1) is 6.61 Å². The fourth-order valence-corrected chi connectivity index (χ4v) is 0.668. The van der Waals surface area contributed by atoms with Crippen molar-refractivity contribution in [2.45, 2.75) is 13.3 Å². The summed E-state index contributed by atoms with van der Waals surface area (Å²) in [5, 5.41) is 0. The first kappa shape index (κ1) is 14.4. The van der Waals surface area contributed by atoms with Crippen molar-refractivity contribution >= 4 is 37.4 Å². The SMILES string of the molecule is C=C(C)CCOP(=O)(O)O.[Na]. The van der Waals surface area contributed by atoms with Crippen LogP contribution in [0, 0.1) is 0 Å². The van der Waals surface area contributed by atoms with Crippen LogP contribution in [-0.4, -0.2) is 46.0 Å². The van der Waals surface area contributed by atoms with E-state index in [0.29, 0.717) is 6.42 Å². The van der Waals surface area contributed by atoms with Gasteiger partial charge < -0.3 is 9.79 Å². The Morgan fingerprint density at radius 3 is 2.36 bits per heavy atom. The van der Waals surface area contributed by atoms with E-state index in [1.165, 1.54) is 0 Å². The Hall–Kier alpha value is 0.850. The Kier molecular flexibility index (Phi) is 8.33. The molecule has 1 radical (unpaired) electrons. The predicted molar refractivity (Wildman–Crippen MR) is 43.2 cm³/mol. The monoisotopic (exact) mass is 189 g/mol. The van der Waals surface area contributed by atoms with Gasteiger partial charge in [-0.15, -0.1) is 6.58 Å². The van der Waals surface area contributed by atoms with E-state index >= 15 is 0 Å². The summed E-state index contributed by atoms with van der Waals surface area (Å²) in [4.78, 5) is 16.4. The van der Waals surface area contributed by atoms with Crippen molar-refractivity contribution in [3.63, 3.8) is 0 Å². The van der Waals surface area contributed by atoms with Crippen LogP contribution in [0.2, 0.25) is 0 Å². The Balaban J connectivity index is 0. The molecule has 0 spiro atoms. The summed E-state index contributed by atoms with van der Waals surface area (Å²) in [7, 11) is -4.26. The summed E-state index contributed by atoms with van der Waals surface area (Å²) in [6.45, 7) is 5.34. The Bertz CT molecular complexity index is 164. The molecule has 0 aliphatic carbocycles. The fraction of sp³-hybridized carbons (Fsp3) is 0.600. The summed E-state index contributed by atoms with van der Waals surface area (Å²) in [6, 6.07) is 0. The van der Waals surface area contributed by atoms with E-state index < -0.39 is 7.82 Å². The minimum Gasteiger partial charge on any atom is -0.303 e. The summed E-state index contributed by atoms with van der Waals surface area (Å²) in [6.07, 6.45) is 0.477. The van der Waals surface area contributed by atoms with Crippen LogP contribution in [0.15, 0.2) is 12.2 Å². The van der Waals surface area contributed by atoms with Crippen LogP contribution in [0.4, 0.5) is 0 Å². The quantitative estimate of drug-likeness (QED) is 0.387. The summed E-state index contributed by atoms with van der Waals surface area (Å²) in [5.41, 5.74) is 0.841. The van der Waals surface area contributed by atoms with Crippen molar-refractivity contribution in [3.05, 3.63) is 12.2 Å². The second kappa shape index (κ2) is 6.38. The molecular weight excluding hydrogens is 178 g/mol. The van der Waals surface area contributed by atoms with Gasteiger partial charge in [-0.3, -0.25) is 4.52 Å². The van der Waals surface area contributed by atoms with Crippen molar-refractivity contribution in [2.75, 3.05) is 6.61 Å². The van der Waals surface area contributed by atoms with Crippen molar-refractivity contribution in [2.24, 2.45) is 0 Å². The second-order valence-electron chi connectivity index (χ2n) is 2.03. The van der Waals surface area contributed by atoms with Crippen LogP contribution in [0.3, 0.4) is 0 Å². The van der Waals surface area contributed by atoms with Crippen LogP contribution in [0.5, 0.6) is 0 Å². The zero-order valence-corrected chi connectivity index (χ0v) is 9.67. The summed E-state index contributed by atoms with van der Waals surface area (Å²) >= 11 is 0. The van der Waals surface area contributed by atoms with Gasteiger partial charge in [0.15, 0.2) is 0 Å². The van der Waals surface area contributed by atoms with E-state index in [1.807, 2.05) is 0 Å². The minimum absolute atomic E-state index is 0. The van der Waals surface area contributed by atoms with Gasteiger partial charge in [0, 0.05) is 29.6 Å². The van der Waals surface area contributed by atoms with Gasteiger partial charge in [0.1, 0.15) is 0 Å². The van der Waals surface area contributed by atoms with E-state index in [1.54, 1.807) is 6.92 Å². The number of phosphoric ester groups is 1. The number of phosphoric acid groups is 1. The largest absolute Gasteiger partial charge is 0.469 e. The topological polar surface area (TPSA) is 66.8 Å². The van der Waals surface area contributed by atoms with Crippen LogP contribution < -0.4 is 0 Å². The van der Waals surface area contributed by atoms with Crippen LogP contribution in [-0.2, 0) is 9.09 Å². The van der Waals surface area contributed by atoms with Gasteiger partial charge in [0.25, 0.3) is 0 Å². The van der Waals surface area contributed by atoms with Crippen LogP contribution in [0.25, 0.3) is 0 Å². The zero-order chi connectivity index (χ0) is 8.20. The first-order valence-electron chi connectivity index (χ1n) is 2.76. The van der Waals surface area contributed by atoms with Crippen molar-refractivity contribution in [3.8, 4) is 0 Å². The first-order valence-corrected chi connectivity index (χ1v) is 4.29. The second-order valence-corrected chi connectivity index (χ2v) is 3.27. The first-order chi connectivity index (χ1) is 4.42. The van der Waals surface area contributed by atoms with E-state index in [-0.39, 0.29) is 36.2 Å². The molecule has 0 aromatic rings. The van der Waals surface area contributed by atoms with Gasteiger partial charge >= 0.3 is 7.82 Å². The van der Waals surface area contributed by atoms with Crippen molar-refractivity contribution in [1.82, 2.24) is 0 Å². The average molecular weight is 189 g/mol. The molecule has 2 N–H and O–H groups in total. The molecule has 0 saturated heterocycles. The smallest absolute Gasteiger partial charge is 0.303 e. The van der Waals surface area contributed by atoms with E-state index in [0.717, 1.165) is 5.57 Å². The van der Waals surface area contributed by atoms with Gasteiger partial charge in [-0.1, -0.05) is 5.57 Å². The molecule has 0 aliphatic rings. The zero-order valence-electron chi connectivity index (χ0n) is 6.78. The normalized spacial score (nSPS) is 10.5. The molecule has 0 amide bonds. The third kappa shape index (κ3) is 13.8. The van der Waals surface area contributed by atoms with E-state index in [9.17, 15) is 4.57 Å². The van der Waals surface area contributed by atoms with Gasteiger partial charge in [-0.05, 0) is 13.3 Å². The maximum absolute atomic E-state index is 10.1. The van der Waals surface area contributed by atoms with Crippen molar-refractivity contribution < 1.29 is 18.9 Å². The Morgan fingerprint density at radius 2 is 2.09 bits per heavy atom. The molecule has 11 heavy (non-hydrogen) atoms. The van der Waals surface area contributed by atoms with Crippen LogP contribution in [0.1, 0.15) is 13.3 Å². The minimum atomic E-state index is -4.26. The molecule has 0 bridgehead atoms. The fourth-order valence-electron chi connectivity index (χ4n) is 0.339. The summed E-state index contributed by atoms with van der Waals surface area (Å²) in [5.74, 6) is 0. The molecule has 0 heterocycles. The molecule has 0 aromatic carbocycles. The van der Waals surface area contributed by atoms with E-state index in [2.05, 4.69) is 11.1 Å². The van der Waals surface area contributed by atoms with E-state index in [4.69, 9.17) is 9.79 Å². The number of hydrogen-bond donors (Lipinski definition) is 2. The average Bonchev–Trinajstić information content (AvgIpc) is 1.59. The summed E-state index contributed by atoms with van der Waals surface area (Å²) < 4.78 is 14.2. The van der Waals surface area contributed by atoms with Gasteiger partial charge in [0.2, 0.25) is 0 Å². The molecule has 0 unspecified atom stereocenters. The Morgan fingerprint density at radius 1 is 1.64 bits per heavy atom. The van der Waals surface area contributed by atoms with Gasteiger partial charge in [-0.25, -0.2) is 4.57 Å². The predicted octanol–water partition coefficient (Wildman–Crippen LogP) is 0.681. The Labute approximate surface area is 88.2 Å².